The van der Waals surface area contributed by atoms with Gasteiger partial charge in [-0.25, -0.2) is 0 Å². The number of aliphatic hydroxyl groups is 5. The van der Waals surface area contributed by atoms with Gasteiger partial charge in [0.1, 0.15) is 24.4 Å². The molecule has 1 amide bonds. The third-order valence-corrected chi connectivity index (χ3v) is 11.6. The molecule has 0 aromatic rings. The van der Waals surface area contributed by atoms with Gasteiger partial charge in [0.15, 0.2) is 6.29 Å². The fraction of sp³-hybridized carbons (Fsp3) is 0.936. The van der Waals surface area contributed by atoms with Crippen molar-refractivity contribution in [3.05, 3.63) is 12.2 Å². The van der Waals surface area contributed by atoms with Gasteiger partial charge >= 0.3 is 0 Å². The minimum atomic E-state index is -1.55. The third-order valence-electron chi connectivity index (χ3n) is 11.6. The van der Waals surface area contributed by atoms with Crippen molar-refractivity contribution in [2.75, 3.05) is 13.2 Å². The lowest BCUT2D eigenvalue weighted by molar-refractivity contribution is -0.302. The summed E-state index contributed by atoms with van der Waals surface area (Å²) in [5.41, 5.74) is 0. The van der Waals surface area contributed by atoms with Gasteiger partial charge in [-0.15, -0.1) is 0 Å². The Morgan fingerprint density at radius 2 is 1.00 bits per heavy atom. The van der Waals surface area contributed by atoms with Crippen LogP contribution in [0, 0.1) is 0 Å². The molecule has 0 radical (unpaired) electrons. The number of nitrogens with one attached hydrogen (secondary N) is 1. The van der Waals surface area contributed by atoms with E-state index in [9.17, 15) is 30.3 Å². The highest BCUT2D eigenvalue weighted by molar-refractivity contribution is 5.76. The topological polar surface area (TPSA) is 149 Å². The molecule has 0 aromatic carbocycles. The van der Waals surface area contributed by atoms with E-state index in [4.69, 9.17) is 9.47 Å². The molecule has 7 atom stereocenters. The molecule has 6 N–H and O–H groups in total. The number of hydrogen-bond acceptors (Lipinski definition) is 8. The maximum absolute atomic E-state index is 13.0. The molecule has 1 aliphatic heterocycles. The Labute approximate surface area is 344 Å². The Kier molecular flexibility index (Phi) is 36.1. The van der Waals surface area contributed by atoms with E-state index in [2.05, 4.69) is 31.3 Å². The van der Waals surface area contributed by atoms with Crippen LogP contribution in [-0.2, 0) is 14.3 Å². The highest BCUT2D eigenvalue weighted by Gasteiger charge is 2.44. The first-order valence-corrected chi connectivity index (χ1v) is 23.9. The summed E-state index contributed by atoms with van der Waals surface area (Å²) in [6.07, 6.45) is 36.6. The lowest BCUT2D eigenvalue weighted by atomic mass is 9.99. The van der Waals surface area contributed by atoms with Crippen molar-refractivity contribution < 1.29 is 39.8 Å². The fourth-order valence-corrected chi connectivity index (χ4v) is 7.74. The van der Waals surface area contributed by atoms with E-state index in [0.29, 0.717) is 12.8 Å². The number of carbonyl (C=O) groups is 1. The van der Waals surface area contributed by atoms with Gasteiger partial charge in [0.25, 0.3) is 0 Å². The average molecular weight is 798 g/mol. The first kappa shape index (κ1) is 52.9. The van der Waals surface area contributed by atoms with E-state index in [1.54, 1.807) is 0 Å². The highest BCUT2D eigenvalue weighted by Crippen LogP contribution is 2.23. The van der Waals surface area contributed by atoms with Crippen LogP contribution in [0.4, 0.5) is 0 Å². The second-order valence-electron chi connectivity index (χ2n) is 16.9. The SMILES string of the molecule is CCCCCCCCCCCCCC/C=C\CCCCCCCCCC(=O)NC(COC1OC(CO)C(O)C(O)C1O)C(O)CCCCCCCCCCCC. The molecule has 1 aliphatic rings. The summed E-state index contributed by atoms with van der Waals surface area (Å²) in [5.74, 6) is -0.148. The zero-order valence-corrected chi connectivity index (χ0v) is 36.4. The minimum Gasteiger partial charge on any atom is -0.394 e. The van der Waals surface area contributed by atoms with E-state index < -0.39 is 49.5 Å². The van der Waals surface area contributed by atoms with E-state index >= 15 is 0 Å². The van der Waals surface area contributed by atoms with Crippen LogP contribution < -0.4 is 5.32 Å². The van der Waals surface area contributed by atoms with Crippen molar-refractivity contribution in [2.45, 2.75) is 269 Å². The van der Waals surface area contributed by atoms with Crippen molar-refractivity contribution in [1.82, 2.24) is 5.32 Å². The number of carbonyl (C=O) groups excluding carboxylic acids is 1. The Hall–Kier alpha value is -1.07. The average Bonchev–Trinajstić information content (AvgIpc) is 3.20. The largest absolute Gasteiger partial charge is 0.394 e. The van der Waals surface area contributed by atoms with Crippen molar-refractivity contribution >= 4 is 5.91 Å². The van der Waals surface area contributed by atoms with Crippen LogP contribution in [0.25, 0.3) is 0 Å². The van der Waals surface area contributed by atoms with Crippen LogP contribution in [0.1, 0.15) is 226 Å². The van der Waals surface area contributed by atoms with Crippen molar-refractivity contribution in [3.8, 4) is 0 Å². The van der Waals surface area contributed by atoms with E-state index in [0.717, 1.165) is 38.5 Å². The number of allylic oxidation sites excluding steroid dienone is 2. The molecule has 56 heavy (non-hydrogen) atoms. The lowest BCUT2D eigenvalue weighted by Gasteiger charge is -2.40. The lowest BCUT2D eigenvalue weighted by Crippen LogP contribution is -2.60. The zero-order chi connectivity index (χ0) is 40.9. The number of aliphatic hydroxyl groups excluding tert-OH is 5. The van der Waals surface area contributed by atoms with Crippen LogP contribution >= 0.6 is 0 Å². The Morgan fingerprint density at radius 1 is 0.589 bits per heavy atom. The molecule has 9 nitrogen and oxygen atoms in total. The number of rotatable bonds is 40. The summed E-state index contributed by atoms with van der Waals surface area (Å²) in [7, 11) is 0. The third kappa shape index (κ3) is 28.4. The number of unbranched alkanes of at least 4 members (excludes halogenated alkanes) is 28. The summed E-state index contributed by atoms with van der Waals surface area (Å²) in [5, 5.41) is 54.2. The maximum Gasteiger partial charge on any atom is 0.220 e. The molecule has 1 fully saturated rings. The summed E-state index contributed by atoms with van der Waals surface area (Å²) in [4.78, 5) is 13.0. The zero-order valence-electron chi connectivity index (χ0n) is 36.4. The van der Waals surface area contributed by atoms with Crippen molar-refractivity contribution in [2.24, 2.45) is 0 Å². The molecule has 0 aliphatic carbocycles. The fourth-order valence-electron chi connectivity index (χ4n) is 7.74. The molecule has 0 aromatic heterocycles. The molecule has 0 saturated carbocycles. The molecule has 1 saturated heterocycles. The molecule has 7 unspecified atom stereocenters. The Morgan fingerprint density at radius 3 is 1.45 bits per heavy atom. The van der Waals surface area contributed by atoms with Crippen molar-refractivity contribution in [1.29, 1.82) is 0 Å². The highest BCUT2D eigenvalue weighted by atomic mass is 16.7. The van der Waals surface area contributed by atoms with Crippen LogP contribution in [0.15, 0.2) is 12.2 Å². The normalized spacial score (nSPS) is 21.2. The van der Waals surface area contributed by atoms with E-state index in [1.165, 1.54) is 161 Å². The Bertz CT molecular complexity index is 888. The molecule has 0 spiro atoms. The minimum absolute atomic E-state index is 0.137. The van der Waals surface area contributed by atoms with Gasteiger partial charge in [0, 0.05) is 6.42 Å². The monoisotopic (exact) mass is 798 g/mol. The van der Waals surface area contributed by atoms with Gasteiger partial charge in [0.2, 0.25) is 5.91 Å². The second kappa shape index (κ2) is 38.2. The van der Waals surface area contributed by atoms with E-state index in [1.807, 2.05) is 0 Å². The van der Waals surface area contributed by atoms with Crippen LogP contribution in [0.3, 0.4) is 0 Å². The van der Waals surface area contributed by atoms with Crippen LogP contribution in [0.2, 0.25) is 0 Å². The predicted molar refractivity (Wildman–Crippen MR) is 231 cm³/mol. The molecular formula is C47H91NO8. The quantitative estimate of drug-likeness (QED) is 0.0265. The summed E-state index contributed by atoms with van der Waals surface area (Å²) in [6.45, 7) is 3.82. The molecule has 9 heteroatoms. The molecule has 332 valence electrons. The smallest absolute Gasteiger partial charge is 0.220 e. The summed E-state index contributed by atoms with van der Waals surface area (Å²) in [6, 6.07) is -0.716. The summed E-state index contributed by atoms with van der Waals surface area (Å²) < 4.78 is 11.2. The number of ether oxygens (including phenoxy) is 2. The first-order valence-electron chi connectivity index (χ1n) is 23.9. The summed E-state index contributed by atoms with van der Waals surface area (Å²) >= 11 is 0. The second-order valence-corrected chi connectivity index (χ2v) is 16.9. The Balaban J connectivity index is 2.23. The number of hydrogen-bond donors (Lipinski definition) is 6. The van der Waals surface area contributed by atoms with Gasteiger partial charge in [-0.1, -0.05) is 193 Å². The van der Waals surface area contributed by atoms with Gasteiger partial charge in [-0.3, -0.25) is 4.79 Å². The maximum atomic E-state index is 13.0. The first-order chi connectivity index (χ1) is 27.3. The van der Waals surface area contributed by atoms with Gasteiger partial charge < -0.3 is 40.3 Å². The van der Waals surface area contributed by atoms with Crippen molar-refractivity contribution in [3.63, 3.8) is 0 Å². The van der Waals surface area contributed by atoms with Gasteiger partial charge in [-0.2, -0.15) is 0 Å². The van der Waals surface area contributed by atoms with Crippen LogP contribution in [-0.4, -0.2) is 87.5 Å². The standard InChI is InChI=1S/C47H91NO8/c1-3-5-7-9-11-13-15-16-17-18-19-20-21-22-23-24-25-26-27-29-31-33-35-37-43(51)48-40(39-55-47-46(54)45(53)44(52)42(38-49)56-47)41(50)36-34-32-30-28-14-12-10-8-6-4-2/h22-23,40-42,44-47,49-50,52-54H,3-21,24-39H2,1-2H3,(H,48,51)/b23-22-. The number of amides is 1. The molecule has 1 rings (SSSR count). The van der Waals surface area contributed by atoms with Gasteiger partial charge in [-0.05, 0) is 38.5 Å². The predicted octanol–water partition coefficient (Wildman–Crippen LogP) is 10.1. The molecular weight excluding hydrogens is 707 g/mol. The molecule has 0 bridgehead atoms. The van der Waals surface area contributed by atoms with Crippen LogP contribution in [0.5, 0.6) is 0 Å². The molecule has 1 heterocycles. The van der Waals surface area contributed by atoms with E-state index in [-0.39, 0.29) is 12.5 Å². The van der Waals surface area contributed by atoms with Gasteiger partial charge in [0.05, 0.1) is 25.4 Å².